The second kappa shape index (κ2) is 11.1. The Balaban J connectivity index is 1.38. The van der Waals surface area contributed by atoms with Gasteiger partial charge in [0.2, 0.25) is 0 Å². The fraction of sp³-hybridized carbons (Fsp3) is 0.308. The molecule has 2 aromatic carbocycles. The third kappa shape index (κ3) is 5.76. The van der Waals surface area contributed by atoms with Crippen molar-refractivity contribution in [2.24, 2.45) is 0 Å². The highest BCUT2D eigenvalue weighted by molar-refractivity contribution is 6.30. The lowest BCUT2D eigenvalue weighted by Gasteiger charge is -2.19. The van der Waals surface area contributed by atoms with Gasteiger partial charge in [-0.05, 0) is 42.3 Å². The molecule has 0 radical (unpaired) electrons. The SMILES string of the molecule is Cc1nc2c(N)ncnc2n([C@H]2C[C@H](OCc3ccc(Cl)cc3)[C@@H](COCc3ccc(Cl)cc3)O2)c1=O. The van der Waals surface area contributed by atoms with Crippen LogP contribution in [0.5, 0.6) is 0 Å². The van der Waals surface area contributed by atoms with Crippen molar-refractivity contribution in [3.05, 3.63) is 92.1 Å². The van der Waals surface area contributed by atoms with E-state index < -0.39 is 12.3 Å². The average Bonchev–Trinajstić information content (AvgIpc) is 3.28. The maximum atomic E-state index is 13.2. The van der Waals surface area contributed by atoms with Crippen LogP contribution in [0.1, 0.15) is 29.5 Å². The van der Waals surface area contributed by atoms with Crippen molar-refractivity contribution < 1.29 is 14.2 Å². The summed E-state index contributed by atoms with van der Waals surface area (Å²) in [6.07, 6.45) is 0.288. The monoisotopic (exact) mass is 541 g/mol. The van der Waals surface area contributed by atoms with Crippen molar-refractivity contribution in [3.8, 4) is 0 Å². The van der Waals surface area contributed by atoms with E-state index in [1.807, 2.05) is 48.5 Å². The van der Waals surface area contributed by atoms with Crippen molar-refractivity contribution in [2.45, 2.75) is 45.0 Å². The Morgan fingerprint density at radius 3 is 2.35 bits per heavy atom. The number of aromatic nitrogens is 4. The Kier molecular flexibility index (Phi) is 7.68. The van der Waals surface area contributed by atoms with Crippen LogP contribution in [0.2, 0.25) is 10.0 Å². The molecule has 0 bridgehead atoms. The minimum atomic E-state index is -0.648. The molecule has 0 aliphatic carbocycles. The summed E-state index contributed by atoms with van der Waals surface area (Å²) in [6.45, 7) is 2.62. The molecule has 1 saturated heterocycles. The van der Waals surface area contributed by atoms with Crippen molar-refractivity contribution in [1.82, 2.24) is 19.5 Å². The minimum Gasteiger partial charge on any atom is -0.382 e. The fourth-order valence-electron chi connectivity index (χ4n) is 4.26. The summed E-state index contributed by atoms with van der Waals surface area (Å²) in [5.74, 6) is 0.193. The topological polar surface area (TPSA) is 114 Å². The Morgan fingerprint density at radius 2 is 1.68 bits per heavy atom. The van der Waals surface area contributed by atoms with Crippen molar-refractivity contribution >= 4 is 40.2 Å². The molecule has 1 aliphatic rings. The molecule has 4 aromatic rings. The van der Waals surface area contributed by atoms with Crippen LogP contribution in [0.15, 0.2) is 59.7 Å². The predicted molar refractivity (Wildman–Crippen MR) is 140 cm³/mol. The summed E-state index contributed by atoms with van der Waals surface area (Å²) < 4.78 is 20.1. The third-order valence-electron chi connectivity index (χ3n) is 6.18. The van der Waals surface area contributed by atoms with E-state index in [0.29, 0.717) is 40.8 Å². The van der Waals surface area contributed by atoms with Crippen LogP contribution in [-0.4, -0.2) is 38.3 Å². The van der Waals surface area contributed by atoms with Crippen molar-refractivity contribution in [3.63, 3.8) is 0 Å². The average molecular weight is 542 g/mol. The van der Waals surface area contributed by atoms with Gasteiger partial charge in [0.25, 0.3) is 5.56 Å². The van der Waals surface area contributed by atoms with Gasteiger partial charge in [-0.2, -0.15) is 0 Å². The first-order chi connectivity index (χ1) is 17.9. The number of ether oxygens (including phenoxy) is 3. The lowest BCUT2D eigenvalue weighted by atomic mass is 10.1. The minimum absolute atomic E-state index is 0.193. The molecule has 3 atom stereocenters. The van der Waals surface area contributed by atoms with Crippen LogP contribution in [0.25, 0.3) is 11.2 Å². The third-order valence-corrected chi connectivity index (χ3v) is 6.68. The van der Waals surface area contributed by atoms with E-state index in [2.05, 4.69) is 15.0 Å². The highest BCUT2D eigenvalue weighted by Gasteiger charge is 2.39. The van der Waals surface area contributed by atoms with Gasteiger partial charge in [-0.15, -0.1) is 0 Å². The zero-order chi connectivity index (χ0) is 25.9. The van der Waals surface area contributed by atoms with Crippen LogP contribution in [0.3, 0.4) is 0 Å². The van der Waals surface area contributed by atoms with E-state index in [9.17, 15) is 4.79 Å². The molecule has 2 N–H and O–H groups in total. The summed E-state index contributed by atoms with van der Waals surface area (Å²) in [4.78, 5) is 25.7. The standard InChI is InChI=1S/C26H25Cl2N5O4/c1-15-26(34)33(25-23(32-15)24(29)30-14-31-25)22-10-20(36-12-17-4-8-19(28)9-5-17)21(37-22)13-35-11-16-2-6-18(27)7-3-16/h2-9,14,20-22H,10-13H2,1H3,(H2,29,30,31)/t20-,21+,22+/m0/s1. The molecule has 0 unspecified atom stereocenters. The van der Waals surface area contributed by atoms with E-state index in [4.69, 9.17) is 43.1 Å². The van der Waals surface area contributed by atoms with E-state index in [1.54, 1.807) is 6.92 Å². The van der Waals surface area contributed by atoms with E-state index in [-0.39, 0.29) is 29.8 Å². The van der Waals surface area contributed by atoms with Crippen LogP contribution in [0.4, 0.5) is 5.82 Å². The fourth-order valence-corrected chi connectivity index (χ4v) is 4.51. The number of nitrogens with zero attached hydrogens (tertiary/aromatic N) is 4. The molecular formula is C26H25Cl2N5O4. The number of rotatable bonds is 8. The summed E-state index contributed by atoms with van der Waals surface area (Å²) in [5, 5.41) is 1.32. The van der Waals surface area contributed by atoms with Gasteiger partial charge in [0.1, 0.15) is 29.9 Å². The number of benzene rings is 2. The largest absolute Gasteiger partial charge is 0.382 e. The number of halogens is 2. The molecule has 1 aliphatic heterocycles. The maximum Gasteiger partial charge on any atom is 0.275 e. The zero-order valence-electron chi connectivity index (χ0n) is 20.0. The van der Waals surface area contributed by atoms with Gasteiger partial charge in [0.05, 0.1) is 25.9 Å². The lowest BCUT2D eigenvalue weighted by Crippen LogP contribution is -2.30. The van der Waals surface area contributed by atoms with E-state index >= 15 is 0 Å². The van der Waals surface area contributed by atoms with Gasteiger partial charge < -0.3 is 19.9 Å². The number of nitrogen functional groups attached to an aromatic ring is 1. The number of aryl methyl sites for hydroxylation is 1. The molecular weight excluding hydrogens is 517 g/mol. The number of nitrogens with two attached hydrogens (primary N) is 1. The Morgan fingerprint density at radius 1 is 1.03 bits per heavy atom. The second-order valence-electron chi connectivity index (χ2n) is 8.79. The molecule has 192 valence electrons. The first kappa shape index (κ1) is 25.6. The Bertz CT molecular complexity index is 1450. The first-order valence-electron chi connectivity index (χ1n) is 11.7. The number of anilines is 1. The number of fused-ring (bicyclic) bond motifs is 1. The van der Waals surface area contributed by atoms with Gasteiger partial charge >= 0.3 is 0 Å². The van der Waals surface area contributed by atoms with Gasteiger partial charge in [-0.3, -0.25) is 9.36 Å². The first-order valence-corrected chi connectivity index (χ1v) is 12.5. The summed E-state index contributed by atoms with van der Waals surface area (Å²) in [6, 6.07) is 14.9. The lowest BCUT2D eigenvalue weighted by molar-refractivity contribution is -0.0823. The molecule has 0 spiro atoms. The number of hydrogen-bond donors (Lipinski definition) is 1. The quantitative estimate of drug-likeness (QED) is 0.347. The highest BCUT2D eigenvalue weighted by atomic mass is 35.5. The van der Waals surface area contributed by atoms with Crippen LogP contribution >= 0.6 is 23.2 Å². The van der Waals surface area contributed by atoms with Crippen molar-refractivity contribution in [1.29, 1.82) is 0 Å². The van der Waals surface area contributed by atoms with E-state index in [1.165, 1.54) is 10.9 Å². The number of hydrogen-bond acceptors (Lipinski definition) is 8. The molecule has 37 heavy (non-hydrogen) atoms. The van der Waals surface area contributed by atoms with Gasteiger partial charge in [0.15, 0.2) is 11.5 Å². The van der Waals surface area contributed by atoms with Crippen LogP contribution < -0.4 is 11.3 Å². The molecule has 9 nitrogen and oxygen atoms in total. The molecule has 3 heterocycles. The molecule has 11 heteroatoms. The van der Waals surface area contributed by atoms with E-state index in [0.717, 1.165) is 11.1 Å². The second-order valence-corrected chi connectivity index (χ2v) is 9.66. The molecule has 5 rings (SSSR count). The summed E-state index contributed by atoms with van der Waals surface area (Å²) in [7, 11) is 0. The molecule has 2 aromatic heterocycles. The Labute approximate surface area is 223 Å². The molecule has 0 amide bonds. The predicted octanol–water partition coefficient (Wildman–Crippen LogP) is 4.47. The van der Waals surface area contributed by atoms with Gasteiger partial charge in [0, 0.05) is 16.5 Å². The van der Waals surface area contributed by atoms with Gasteiger partial charge in [-0.1, -0.05) is 47.5 Å². The summed E-state index contributed by atoms with van der Waals surface area (Å²) in [5.41, 5.74) is 8.60. The van der Waals surface area contributed by atoms with Crippen molar-refractivity contribution in [2.75, 3.05) is 12.3 Å². The smallest absolute Gasteiger partial charge is 0.275 e. The van der Waals surface area contributed by atoms with Crippen LogP contribution in [0, 0.1) is 6.92 Å². The Hall–Kier alpha value is -3.08. The molecule has 1 fully saturated rings. The summed E-state index contributed by atoms with van der Waals surface area (Å²) >= 11 is 12.0. The van der Waals surface area contributed by atoms with Gasteiger partial charge in [-0.25, -0.2) is 15.0 Å². The zero-order valence-corrected chi connectivity index (χ0v) is 21.5. The molecule has 0 saturated carbocycles. The van der Waals surface area contributed by atoms with Crippen LogP contribution in [-0.2, 0) is 27.4 Å². The normalized spacial score (nSPS) is 19.5. The highest BCUT2D eigenvalue weighted by Crippen LogP contribution is 2.33. The maximum absolute atomic E-state index is 13.2.